The molecule has 6 nitrogen and oxygen atoms in total. The zero-order valence-electron chi connectivity index (χ0n) is 20.0. The third-order valence-electron chi connectivity index (χ3n) is 7.31. The van der Waals surface area contributed by atoms with Gasteiger partial charge in [0.25, 0.3) is 0 Å². The van der Waals surface area contributed by atoms with Gasteiger partial charge in [0.05, 0.1) is 5.56 Å². The number of Topliss-reactive ketones (excluding diaryl/α,β-unsaturated/α-hetero) is 1. The van der Waals surface area contributed by atoms with Crippen molar-refractivity contribution in [2.24, 2.45) is 5.92 Å². The van der Waals surface area contributed by atoms with Crippen molar-refractivity contribution in [1.82, 2.24) is 4.98 Å². The van der Waals surface area contributed by atoms with Gasteiger partial charge in [0.15, 0.2) is 0 Å². The number of hydrogen-bond acceptors (Lipinski definition) is 5. The SMILES string of the molecule is O=C(CCc1ccc(F)cc1C(F)(F)F)C[C@H]1C2c3cc(Oc4ccnc5c4CCC(=O)N5)ccc3O[C@@H]21. The van der Waals surface area contributed by atoms with Gasteiger partial charge < -0.3 is 14.8 Å². The number of fused-ring (bicyclic) bond motifs is 4. The van der Waals surface area contributed by atoms with Crippen molar-refractivity contribution in [1.29, 1.82) is 0 Å². The average molecular weight is 526 g/mol. The Morgan fingerprint density at radius 3 is 2.79 bits per heavy atom. The number of amides is 1. The van der Waals surface area contributed by atoms with Gasteiger partial charge in [-0.25, -0.2) is 9.37 Å². The van der Waals surface area contributed by atoms with Gasteiger partial charge in [-0.2, -0.15) is 13.2 Å². The summed E-state index contributed by atoms with van der Waals surface area (Å²) in [5.41, 5.74) is 0.617. The summed E-state index contributed by atoms with van der Waals surface area (Å²) in [6.07, 6.45) is -2.37. The predicted molar refractivity (Wildman–Crippen MR) is 128 cm³/mol. The van der Waals surface area contributed by atoms with Crippen LogP contribution in [0.4, 0.5) is 23.4 Å². The molecule has 0 bridgehead atoms. The van der Waals surface area contributed by atoms with E-state index in [1.54, 1.807) is 18.3 Å². The molecule has 3 aliphatic rings. The third kappa shape index (κ3) is 4.59. The standard InChI is InChI=1S/C28H22F4N2O4/c29-15-3-1-14(21(11-15)28(30,31)32)2-4-16(35)12-20-25-19-13-17(5-7-22(19)38-26(20)25)37-23-9-10-33-27-18(23)6-8-24(36)34-27/h1,3,5,7,9-11,13,20,25-26H,2,4,6,8,12H2,(H,33,34,36)/t20-,25?,26+/m0/s1. The van der Waals surface area contributed by atoms with Crippen LogP contribution in [0.25, 0.3) is 0 Å². The van der Waals surface area contributed by atoms with Crippen LogP contribution in [0.1, 0.15) is 47.4 Å². The number of aromatic nitrogens is 1. The van der Waals surface area contributed by atoms with E-state index < -0.39 is 17.6 Å². The van der Waals surface area contributed by atoms with E-state index in [-0.39, 0.29) is 54.5 Å². The summed E-state index contributed by atoms with van der Waals surface area (Å²) < 4.78 is 65.2. The van der Waals surface area contributed by atoms with Gasteiger partial charge in [0, 0.05) is 48.4 Å². The van der Waals surface area contributed by atoms with Crippen LogP contribution in [0.2, 0.25) is 0 Å². The number of rotatable bonds is 7. The molecule has 1 aromatic heterocycles. The van der Waals surface area contributed by atoms with Crippen molar-refractivity contribution in [2.75, 3.05) is 5.32 Å². The van der Waals surface area contributed by atoms with Crippen LogP contribution in [0.5, 0.6) is 17.2 Å². The molecule has 6 rings (SSSR count). The highest BCUT2D eigenvalue weighted by Gasteiger charge is 2.59. The summed E-state index contributed by atoms with van der Waals surface area (Å²) in [5.74, 6) is 1.16. The van der Waals surface area contributed by atoms with Crippen molar-refractivity contribution in [3.63, 3.8) is 0 Å². The molecule has 1 amide bonds. The number of aryl methyl sites for hydroxylation is 1. The second-order valence-corrected chi connectivity index (χ2v) is 9.80. The maximum absolute atomic E-state index is 13.3. The largest absolute Gasteiger partial charge is 0.489 e. The van der Waals surface area contributed by atoms with Crippen LogP contribution in [0.3, 0.4) is 0 Å². The maximum Gasteiger partial charge on any atom is 0.416 e. The van der Waals surface area contributed by atoms with Crippen LogP contribution in [-0.4, -0.2) is 22.8 Å². The zero-order valence-corrected chi connectivity index (χ0v) is 20.0. The summed E-state index contributed by atoms with van der Waals surface area (Å²) >= 11 is 0. The van der Waals surface area contributed by atoms with E-state index in [1.807, 2.05) is 12.1 Å². The zero-order chi connectivity index (χ0) is 26.6. The number of pyridine rings is 1. The lowest BCUT2D eigenvalue weighted by Gasteiger charge is -2.19. The van der Waals surface area contributed by atoms with E-state index in [1.165, 1.54) is 0 Å². The van der Waals surface area contributed by atoms with E-state index >= 15 is 0 Å². The van der Waals surface area contributed by atoms with E-state index in [0.717, 1.165) is 29.0 Å². The fourth-order valence-corrected chi connectivity index (χ4v) is 5.41. The van der Waals surface area contributed by atoms with E-state index in [2.05, 4.69) is 10.3 Å². The molecule has 3 atom stereocenters. The summed E-state index contributed by atoms with van der Waals surface area (Å²) in [6, 6.07) is 9.76. The number of nitrogens with one attached hydrogen (secondary N) is 1. The fourth-order valence-electron chi connectivity index (χ4n) is 5.41. The summed E-state index contributed by atoms with van der Waals surface area (Å²) in [7, 11) is 0. The van der Waals surface area contributed by atoms with Crippen molar-refractivity contribution in [3.05, 3.63) is 76.7 Å². The topological polar surface area (TPSA) is 77.5 Å². The molecule has 1 N–H and O–H groups in total. The molecule has 1 aliphatic carbocycles. The minimum Gasteiger partial charge on any atom is -0.489 e. The molecule has 3 aromatic rings. The summed E-state index contributed by atoms with van der Waals surface area (Å²) in [5, 5.41) is 2.74. The Bertz CT molecular complexity index is 1460. The molecule has 0 spiro atoms. The molecular weight excluding hydrogens is 504 g/mol. The number of anilines is 1. The van der Waals surface area contributed by atoms with Gasteiger partial charge in [-0.1, -0.05) is 6.07 Å². The van der Waals surface area contributed by atoms with Crippen molar-refractivity contribution >= 4 is 17.5 Å². The lowest BCUT2D eigenvalue weighted by Crippen LogP contribution is -2.20. The molecule has 1 fully saturated rings. The van der Waals surface area contributed by atoms with Gasteiger partial charge in [-0.3, -0.25) is 9.59 Å². The Balaban J connectivity index is 1.10. The Hall–Kier alpha value is -3.95. The van der Waals surface area contributed by atoms with E-state index in [0.29, 0.717) is 36.2 Å². The number of carbonyl (C=O) groups is 2. The number of ketones is 1. The first-order valence-electron chi connectivity index (χ1n) is 12.3. The van der Waals surface area contributed by atoms with Crippen molar-refractivity contribution < 1.29 is 36.6 Å². The molecule has 0 radical (unpaired) electrons. The maximum atomic E-state index is 13.3. The lowest BCUT2D eigenvalue weighted by atomic mass is 9.98. The molecule has 10 heteroatoms. The second kappa shape index (κ2) is 9.11. The number of carbonyl (C=O) groups excluding carboxylic acids is 2. The number of hydrogen-bond donors (Lipinski definition) is 1. The van der Waals surface area contributed by atoms with E-state index in [4.69, 9.17) is 9.47 Å². The normalized spacial score (nSPS) is 21.1. The molecule has 38 heavy (non-hydrogen) atoms. The smallest absolute Gasteiger partial charge is 0.416 e. The Morgan fingerprint density at radius 1 is 1.13 bits per heavy atom. The van der Waals surface area contributed by atoms with Crippen LogP contribution >= 0.6 is 0 Å². The molecule has 2 aromatic carbocycles. The highest BCUT2D eigenvalue weighted by Crippen LogP contribution is 2.60. The summed E-state index contributed by atoms with van der Waals surface area (Å²) in [6.45, 7) is 0. The van der Waals surface area contributed by atoms with E-state index in [9.17, 15) is 27.2 Å². The number of ether oxygens (including phenoxy) is 2. The quantitative estimate of drug-likeness (QED) is 0.383. The summed E-state index contributed by atoms with van der Waals surface area (Å²) in [4.78, 5) is 28.5. The second-order valence-electron chi connectivity index (χ2n) is 9.80. The van der Waals surface area contributed by atoms with Crippen LogP contribution in [0.15, 0.2) is 48.7 Å². The molecule has 3 heterocycles. The number of alkyl halides is 3. The average Bonchev–Trinajstić information content (AvgIpc) is 3.38. The molecule has 0 saturated heterocycles. The number of nitrogens with zero attached hydrogens (tertiary/aromatic N) is 1. The Labute approximate surface area is 215 Å². The molecule has 1 unspecified atom stereocenters. The monoisotopic (exact) mass is 526 g/mol. The van der Waals surface area contributed by atoms with Crippen molar-refractivity contribution in [2.45, 2.75) is 50.3 Å². The minimum atomic E-state index is -4.69. The number of benzene rings is 2. The van der Waals surface area contributed by atoms with Crippen LogP contribution in [-0.2, 0) is 28.6 Å². The first kappa shape index (κ1) is 24.4. The first-order chi connectivity index (χ1) is 18.2. The number of halogens is 4. The first-order valence-corrected chi connectivity index (χ1v) is 12.3. The fraction of sp³-hybridized carbons (Fsp3) is 0.321. The highest BCUT2D eigenvalue weighted by molar-refractivity contribution is 5.93. The minimum absolute atomic E-state index is 0.0136. The van der Waals surface area contributed by atoms with Crippen LogP contribution in [0, 0.1) is 11.7 Å². The van der Waals surface area contributed by atoms with Crippen LogP contribution < -0.4 is 14.8 Å². The molecular formula is C28H22F4N2O4. The van der Waals surface area contributed by atoms with Gasteiger partial charge in [0.2, 0.25) is 5.91 Å². The van der Waals surface area contributed by atoms with Gasteiger partial charge >= 0.3 is 6.18 Å². The Morgan fingerprint density at radius 2 is 1.97 bits per heavy atom. The lowest BCUT2D eigenvalue weighted by molar-refractivity contribution is -0.138. The molecule has 1 saturated carbocycles. The van der Waals surface area contributed by atoms with Gasteiger partial charge in [0.1, 0.15) is 40.8 Å². The molecule has 2 aliphatic heterocycles. The van der Waals surface area contributed by atoms with Crippen molar-refractivity contribution in [3.8, 4) is 17.2 Å². The van der Waals surface area contributed by atoms with Gasteiger partial charge in [-0.15, -0.1) is 0 Å². The highest BCUT2D eigenvalue weighted by atomic mass is 19.4. The Kier molecular flexibility index (Phi) is 5.85. The predicted octanol–water partition coefficient (Wildman–Crippen LogP) is 5.98. The third-order valence-corrected chi connectivity index (χ3v) is 7.31. The molecule has 196 valence electrons. The van der Waals surface area contributed by atoms with Gasteiger partial charge in [-0.05, 0) is 54.8 Å².